The molecule has 0 saturated carbocycles. The van der Waals surface area contributed by atoms with Gasteiger partial charge in [-0.2, -0.15) is 0 Å². The summed E-state index contributed by atoms with van der Waals surface area (Å²) in [6, 6.07) is 3.67. The molecule has 0 aromatic carbocycles. The van der Waals surface area contributed by atoms with E-state index < -0.39 is 0 Å². The van der Waals surface area contributed by atoms with Crippen LogP contribution >= 0.6 is 11.3 Å². The monoisotopic (exact) mass is 304 g/mol. The highest BCUT2D eigenvalue weighted by molar-refractivity contribution is 7.09. The Kier molecular flexibility index (Phi) is 5.27. The van der Waals surface area contributed by atoms with E-state index in [9.17, 15) is 4.79 Å². The molecule has 6 heteroatoms. The van der Waals surface area contributed by atoms with Crippen molar-refractivity contribution in [2.24, 2.45) is 0 Å². The highest BCUT2D eigenvalue weighted by Gasteiger charge is 2.15. The molecule has 21 heavy (non-hydrogen) atoms. The molecule has 0 radical (unpaired) electrons. The molecule has 0 aliphatic heterocycles. The number of aromatic nitrogens is 2. The summed E-state index contributed by atoms with van der Waals surface area (Å²) in [6.07, 6.45) is 2.59. The van der Waals surface area contributed by atoms with Gasteiger partial charge < -0.3 is 10.6 Å². The number of carbonyl (C=O) groups excluding carboxylic acids is 1. The van der Waals surface area contributed by atoms with Gasteiger partial charge in [-0.05, 0) is 31.9 Å². The van der Waals surface area contributed by atoms with Gasteiger partial charge >= 0.3 is 6.03 Å². The predicted molar refractivity (Wildman–Crippen MR) is 84.2 cm³/mol. The molecule has 0 bridgehead atoms. The zero-order valence-electron chi connectivity index (χ0n) is 12.5. The van der Waals surface area contributed by atoms with Crippen molar-refractivity contribution < 1.29 is 4.79 Å². The minimum Gasteiger partial charge on any atom is -0.334 e. The largest absolute Gasteiger partial charge is 0.334 e. The van der Waals surface area contributed by atoms with Crippen LogP contribution in [0.4, 0.5) is 4.79 Å². The number of hydrogen-bond donors (Lipinski definition) is 2. The molecule has 0 saturated heterocycles. The van der Waals surface area contributed by atoms with Gasteiger partial charge in [-0.1, -0.05) is 13.0 Å². The van der Waals surface area contributed by atoms with Crippen molar-refractivity contribution in [1.29, 1.82) is 0 Å². The van der Waals surface area contributed by atoms with E-state index in [1.807, 2.05) is 38.3 Å². The van der Waals surface area contributed by atoms with Gasteiger partial charge in [0, 0.05) is 29.5 Å². The fourth-order valence-electron chi connectivity index (χ4n) is 1.87. The van der Waals surface area contributed by atoms with Crippen LogP contribution in [-0.4, -0.2) is 16.0 Å². The van der Waals surface area contributed by atoms with Gasteiger partial charge in [0.1, 0.15) is 5.01 Å². The molecule has 0 aliphatic carbocycles. The quantitative estimate of drug-likeness (QED) is 0.892. The second-order valence-corrected chi connectivity index (χ2v) is 5.81. The number of nitrogens with zero attached hydrogens (tertiary/aromatic N) is 2. The van der Waals surface area contributed by atoms with Crippen molar-refractivity contribution >= 4 is 17.4 Å². The van der Waals surface area contributed by atoms with E-state index in [-0.39, 0.29) is 12.1 Å². The lowest BCUT2D eigenvalue weighted by atomic mass is 10.2. The van der Waals surface area contributed by atoms with Gasteiger partial charge in [0.25, 0.3) is 0 Å². The molecular formula is C15H20N4OS. The molecule has 2 N–H and O–H groups in total. The molecule has 1 atom stereocenters. The second kappa shape index (κ2) is 7.17. The maximum absolute atomic E-state index is 12.0. The zero-order chi connectivity index (χ0) is 15.2. The third-order valence-electron chi connectivity index (χ3n) is 3.07. The van der Waals surface area contributed by atoms with E-state index in [0.29, 0.717) is 6.54 Å². The number of urea groups is 1. The third-order valence-corrected chi connectivity index (χ3v) is 4.15. The van der Waals surface area contributed by atoms with Gasteiger partial charge in [0.15, 0.2) is 0 Å². The normalized spacial score (nSPS) is 12.0. The van der Waals surface area contributed by atoms with Crippen LogP contribution in [0.2, 0.25) is 0 Å². The first-order valence-corrected chi connectivity index (χ1v) is 7.84. The molecule has 0 unspecified atom stereocenters. The van der Waals surface area contributed by atoms with Crippen molar-refractivity contribution in [1.82, 2.24) is 20.6 Å². The maximum atomic E-state index is 12.0. The lowest BCUT2D eigenvalue weighted by Gasteiger charge is -2.15. The first-order chi connectivity index (χ1) is 10.1. The van der Waals surface area contributed by atoms with Crippen molar-refractivity contribution in [2.75, 3.05) is 0 Å². The smallest absolute Gasteiger partial charge is 0.315 e. The number of thiazole rings is 1. The molecule has 2 rings (SSSR count). The van der Waals surface area contributed by atoms with Crippen LogP contribution < -0.4 is 10.6 Å². The number of carbonyl (C=O) groups is 1. The van der Waals surface area contributed by atoms with E-state index >= 15 is 0 Å². The molecule has 0 aliphatic rings. The van der Waals surface area contributed by atoms with Crippen LogP contribution in [0.5, 0.6) is 0 Å². The Morgan fingerprint density at radius 2 is 2.14 bits per heavy atom. The Labute approximate surface area is 128 Å². The minimum absolute atomic E-state index is 0.0418. The molecule has 5 nitrogen and oxygen atoms in total. The van der Waals surface area contributed by atoms with Crippen LogP contribution in [0.1, 0.15) is 41.3 Å². The molecular weight excluding hydrogens is 284 g/mol. The highest BCUT2D eigenvalue weighted by Crippen LogP contribution is 2.20. The van der Waals surface area contributed by atoms with Gasteiger partial charge in [-0.3, -0.25) is 4.98 Å². The Bertz CT molecular complexity index is 594. The van der Waals surface area contributed by atoms with Crippen molar-refractivity contribution in [3.63, 3.8) is 0 Å². The zero-order valence-corrected chi connectivity index (χ0v) is 13.3. The first-order valence-electron chi connectivity index (χ1n) is 6.96. The van der Waals surface area contributed by atoms with Crippen molar-refractivity contribution in [3.05, 3.63) is 45.7 Å². The van der Waals surface area contributed by atoms with Crippen LogP contribution in [0.25, 0.3) is 0 Å². The van der Waals surface area contributed by atoms with Crippen LogP contribution in [0.15, 0.2) is 23.7 Å². The summed E-state index contributed by atoms with van der Waals surface area (Å²) < 4.78 is 0. The molecule has 0 fully saturated rings. The number of pyridine rings is 1. The average Bonchev–Trinajstić information content (AvgIpc) is 2.90. The number of nitrogens with one attached hydrogen (secondary N) is 2. The third kappa shape index (κ3) is 4.53. The molecule has 0 spiro atoms. The number of amides is 2. The summed E-state index contributed by atoms with van der Waals surface area (Å²) >= 11 is 1.58. The molecule has 2 aromatic rings. The maximum Gasteiger partial charge on any atom is 0.315 e. The van der Waals surface area contributed by atoms with E-state index in [2.05, 4.69) is 20.6 Å². The number of rotatable bonds is 5. The number of hydrogen-bond acceptors (Lipinski definition) is 4. The second-order valence-electron chi connectivity index (χ2n) is 4.92. The molecule has 112 valence electrons. The summed E-state index contributed by atoms with van der Waals surface area (Å²) in [5.74, 6) is 0. The van der Waals surface area contributed by atoms with Crippen LogP contribution in [-0.2, 0) is 6.54 Å². The summed E-state index contributed by atoms with van der Waals surface area (Å²) in [6.45, 7) is 6.39. The molecule has 2 amide bonds. The van der Waals surface area contributed by atoms with Crippen LogP contribution in [0, 0.1) is 13.8 Å². The first kappa shape index (κ1) is 15.4. The number of aryl methyl sites for hydroxylation is 2. The lowest BCUT2D eigenvalue weighted by Crippen LogP contribution is -2.37. The minimum atomic E-state index is -0.185. The molecule has 2 heterocycles. The van der Waals surface area contributed by atoms with Gasteiger partial charge in [-0.25, -0.2) is 9.78 Å². The Balaban J connectivity index is 1.87. The Hall–Kier alpha value is -1.95. The summed E-state index contributed by atoms with van der Waals surface area (Å²) in [7, 11) is 0. The standard InChI is InChI=1S/C15H20N4OS/c1-4-13(14-18-11(3)9-21-14)19-15(20)17-8-12-6-5-10(2)16-7-12/h5-7,9,13H,4,8H2,1-3H3,(H2,17,19,20)/t13-/m0/s1. The van der Waals surface area contributed by atoms with Crippen LogP contribution in [0.3, 0.4) is 0 Å². The summed E-state index contributed by atoms with van der Waals surface area (Å²) in [5.41, 5.74) is 2.93. The summed E-state index contributed by atoms with van der Waals surface area (Å²) in [5, 5.41) is 8.74. The van der Waals surface area contributed by atoms with E-state index in [4.69, 9.17) is 0 Å². The van der Waals surface area contributed by atoms with Crippen molar-refractivity contribution in [2.45, 2.75) is 39.8 Å². The van der Waals surface area contributed by atoms with E-state index in [0.717, 1.165) is 28.4 Å². The van der Waals surface area contributed by atoms with Gasteiger partial charge in [0.05, 0.1) is 6.04 Å². The fourth-order valence-corrected chi connectivity index (χ4v) is 2.80. The van der Waals surface area contributed by atoms with Gasteiger partial charge in [0.2, 0.25) is 0 Å². The predicted octanol–water partition coefficient (Wildman–Crippen LogP) is 3.11. The topological polar surface area (TPSA) is 66.9 Å². The van der Waals surface area contributed by atoms with E-state index in [1.165, 1.54) is 0 Å². The Morgan fingerprint density at radius 1 is 1.33 bits per heavy atom. The molecule has 2 aromatic heterocycles. The average molecular weight is 304 g/mol. The van der Waals surface area contributed by atoms with E-state index in [1.54, 1.807) is 17.5 Å². The Morgan fingerprint density at radius 3 is 2.71 bits per heavy atom. The van der Waals surface area contributed by atoms with Gasteiger partial charge in [-0.15, -0.1) is 11.3 Å². The lowest BCUT2D eigenvalue weighted by molar-refractivity contribution is 0.236. The highest BCUT2D eigenvalue weighted by atomic mass is 32.1. The fraction of sp³-hybridized carbons (Fsp3) is 0.400. The summed E-state index contributed by atoms with van der Waals surface area (Å²) in [4.78, 5) is 20.6. The van der Waals surface area contributed by atoms with Crippen molar-refractivity contribution in [3.8, 4) is 0 Å². The SMILES string of the molecule is CC[C@H](NC(=O)NCc1ccc(C)nc1)c1nc(C)cs1.